The minimum atomic E-state index is -0.689. The molecule has 34 heavy (non-hydrogen) atoms. The number of nitrogens with zero attached hydrogens (tertiary/aromatic N) is 6. The number of amides is 1. The van der Waals surface area contributed by atoms with Crippen LogP contribution in [-0.2, 0) is 5.41 Å². The Labute approximate surface area is 196 Å². The van der Waals surface area contributed by atoms with Gasteiger partial charge in [0.2, 0.25) is 5.82 Å². The van der Waals surface area contributed by atoms with Crippen molar-refractivity contribution >= 4 is 5.91 Å². The van der Waals surface area contributed by atoms with Gasteiger partial charge in [0.05, 0.1) is 22.5 Å². The first-order valence-electron chi connectivity index (χ1n) is 11.1. The number of halogens is 2. The van der Waals surface area contributed by atoms with Gasteiger partial charge in [-0.05, 0) is 49.4 Å². The summed E-state index contributed by atoms with van der Waals surface area (Å²) in [5.74, 6) is -1.58. The highest BCUT2D eigenvalue weighted by Crippen LogP contribution is 2.43. The van der Waals surface area contributed by atoms with Crippen LogP contribution in [0.4, 0.5) is 8.78 Å². The smallest absolute Gasteiger partial charge is 0.291 e. The van der Waals surface area contributed by atoms with Gasteiger partial charge in [0.1, 0.15) is 17.7 Å². The topological polar surface area (TPSA) is 95.7 Å². The van der Waals surface area contributed by atoms with Crippen LogP contribution >= 0.6 is 0 Å². The van der Waals surface area contributed by atoms with Crippen molar-refractivity contribution in [2.75, 3.05) is 13.1 Å². The Hall–Kier alpha value is -3.80. The molecule has 1 aliphatic rings. The summed E-state index contributed by atoms with van der Waals surface area (Å²) in [4.78, 5) is 22.8. The lowest BCUT2D eigenvalue weighted by Gasteiger charge is -2.40. The van der Waals surface area contributed by atoms with E-state index in [2.05, 4.69) is 27.1 Å². The van der Waals surface area contributed by atoms with Crippen molar-refractivity contribution < 1.29 is 13.6 Å². The molecule has 0 aliphatic heterocycles. The van der Waals surface area contributed by atoms with Crippen LogP contribution in [-0.4, -0.2) is 44.1 Å². The van der Waals surface area contributed by atoms with E-state index in [0.717, 1.165) is 24.1 Å². The molecule has 0 saturated carbocycles. The van der Waals surface area contributed by atoms with Crippen molar-refractivity contribution in [1.29, 1.82) is 5.26 Å². The Bertz CT molecular complexity index is 1250. The van der Waals surface area contributed by atoms with Gasteiger partial charge in [0.25, 0.3) is 5.91 Å². The summed E-state index contributed by atoms with van der Waals surface area (Å²) in [6.07, 6.45) is 4.24. The first kappa shape index (κ1) is 23.4. The van der Waals surface area contributed by atoms with Crippen molar-refractivity contribution in [1.82, 2.24) is 25.1 Å². The second-order valence-electron chi connectivity index (χ2n) is 8.86. The highest BCUT2D eigenvalue weighted by Gasteiger charge is 2.39. The van der Waals surface area contributed by atoms with E-state index in [4.69, 9.17) is 5.26 Å². The van der Waals surface area contributed by atoms with Crippen molar-refractivity contribution in [3.63, 3.8) is 0 Å². The summed E-state index contributed by atoms with van der Waals surface area (Å²) in [7, 11) is 0. The molecule has 9 heteroatoms. The molecule has 0 N–H and O–H groups in total. The number of rotatable bonds is 5. The molecule has 1 amide bonds. The molecule has 0 unspecified atom stereocenters. The molecule has 0 fully saturated rings. The highest BCUT2D eigenvalue weighted by molar-refractivity contribution is 5.90. The number of nitriles is 1. The predicted molar refractivity (Wildman–Crippen MR) is 121 cm³/mol. The molecule has 2 aromatic heterocycles. The number of benzene rings is 1. The summed E-state index contributed by atoms with van der Waals surface area (Å²) in [5, 5.41) is 17.5. The molecule has 0 spiro atoms. The van der Waals surface area contributed by atoms with Crippen molar-refractivity contribution in [2.24, 2.45) is 0 Å². The Kier molecular flexibility index (Phi) is 6.33. The van der Waals surface area contributed by atoms with Gasteiger partial charge in [-0.25, -0.2) is 18.7 Å². The Morgan fingerprint density at radius 2 is 1.91 bits per heavy atom. The minimum absolute atomic E-state index is 0.0188. The Morgan fingerprint density at radius 3 is 2.53 bits per heavy atom. The van der Waals surface area contributed by atoms with Gasteiger partial charge < -0.3 is 4.90 Å². The second-order valence-corrected chi connectivity index (χ2v) is 8.86. The van der Waals surface area contributed by atoms with Gasteiger partial charge in [-0.1, -0.05) is 19.9 Å². The fraction of sp³-hybridized carbons (Fsp3) is 0.360. The van der Waals surface area contributed by atoms with E-state index in [1.165, 1.54) is 30.6 Å². The molecule has 0 radical (unpaired) electrons. The average Bonchev–Trinajstić information content (AvgIpc) is 2.85. The van der Waals surface area contributed by atoms with Crippen LogP contribution in [0.25, 0.3) is 11.3 Å². The first-order valence-corrected chi connectivity index (χ1v) is 11.1. The highest BCUT2D eigenvalue weighted by atomic mass is 19.1. The summed E-state index contributed by atoms with van der Waals surface area (Å²) in [6.45, 7) is 6.72. The van der Waals surface area contributed by atoms with E-state index in [1.807, 2.05) is 19.9 Å². The summed E-state index contributed by atoms with van der Waals surface area (Å²) in [6, 6.07) is 7.36. The van der Waals surface area contributed by atoms with E-state index in [1.54, 1.807) is 11.0 Å². The molecule has 2 heterocycles. The molecule has 0 saturated heterocycles. The van der Waals surface area contributed by atoms with Gasteiger partial charge in [0, 0.05) is 30.9 Å². The third-order valence-electron chi connectivity index (χ3n) is 6.46. The molecule has 4 rings (SSSR count). The fourth-order valence-corrected chi connectivity index (χ4v) is 4.46. The van der Waals surface area contributed by atoms with Gasteiger partial charge in [-0.15, -0.1) is 0 Å². The Morgan fingerprint density at radius 1 is 1.24 bits per heavy atom. The normalized spacial score (nSPS) is 19.2. The number of likely N-dealkylation sites (N-methyl/N-ethyl adjacent to an activating group) is 1. The van der Waals surface area contributed by atoms with Gasteiger partial charge in [-0.2, -0.15) is 15.5 Å². The van der Waals surface area contributed by atoms with Crippen LogP contribution in [0, 0.1) is 23.0 Å². The summed E-state index contributed by atoms with van der Waals surface area (Å²) in [5.41, 5.74) is 1.32. The van der Waals surface area contributed by atoms with E-state index < -0.39 is 17.0 Å². The number of aromatic nitrogens is 4. The van der Waals surface area contributed by atoms with E-state index in [-0.39, 0.29) is 34.5 Å². The van der Waals surface area contributed by atoms with Gasteiger partial charge in [-0.3, -0.25) is 4.79 Å². The van der Waals surface area contributed by atoms with Crippen LogP contribution in [0.3, 0.4) is 0 Å². The van der Waals surface area contributed by atoms with E-state index in [0.29, 0.717) is 13.1 Å². The minimum Gasteiger partial charge on any atom is -0.335 e. The van der Waals surface area contributed by atoms with Crippen molar-refractivity contribution in [3.05, 3.63) is 70.9 Å². The van der Waals surface area contributed by atoms with Crippen LogP contribution in [0.1, 0.15) is 67.0 Å². The maximum absolute atomic E-state index is 14.4. The summed E-state index contributed by atoms with van der Waals surface area (Å²) < 4.78 is 28.7. The van der Waals surface area contributed by atoms with Crippen LogP contribution in [0.5, 0.6) is 0 Å². The first-order chi connectivity index (χ1) is 16.3. The molecule has 0 bridgehead atoms. The SMILES string of the molecule is CCN(C[C@@]1(C)CC[C@H](C)c2cc(-c3c(F)cccc3F)nnc21)C(=O)c1ncc(C#N)cn1. The van der Waals surface area contributed by atoms with Crippen LogP contribution in [0.15, 0.2) is 36.7 Å². The standard InChI is InChI=1S/C25H24F2N6O/c1-4-33(24(34)23-29-12-16(11-28)13-30-23)14-25(3)9-8-15(2)17-10-20(31-32-22(17)25)21-18(26)6-5-7-19(21)27/h5-7,10,12-13,15H,4,8-9,14H2,1-3H3/t15-,25+/m0/s1. The lowest BCUT2D eigenvalue weighted by atomic mass is 9.70. The third-order valence-corrected chi connectivity index (χ3v) is 6.46. The van der Waals surface area contributed by atoms with Crippen LogP contribution in [0.2, 0.25) is 0 Å². The number of carbonyl (C=O) groups excluding carboxylic acids is 1. The molecule has 2 atom stereocenters. The van der Waals surface area contributed by atoms with Gasteiger partial charge >= 0.3 is 0 Å². The molecule has 1 aliphatic carbocycles. The molecule has 7 nitrogen and oxygen atoms in total. The quantitative estimate of drug-likeness (QED) is 0.558. The third kappa shape index (κ3) is 4.23. The zero-order valence-electron chi connectivity index (χ0n) is 19.2. The number of fused-ring (bicyclic) bond motifs is 1. The average molecular weight is 463 g/mol. The maximum Gasteiger partial charge on any atom is 0.291 e. The number of hydrogen-bond acceptors (Lipinski definition) is 6. The molecular formula is C25H24F2N6O. The van der Waals surface area contributed by atoms with Gasteiger partial charge in [0.15, 0.2) is 0 Å². The molecule has 3 aromatic rings. The molecule has 174 valence electrons. The van der Waals surface area contributed by atoms with E-state index in [9.17, 15) is 13.6 Å². The number of hydrogen-bond donors (Lipinski definition) is 0. The second kappa shape index (κ2) is 9.21. The van der Waals surface area contributed by atoms with Crippen molar-refractivity contribution in [3.8, 4) is 17.3 Å². The largest absolute Gasteiger partial charge is 0.335 e. The summed E-state index contributed by atoms with van der Waals surface area (Å²) >= 11 is 0. The molecule has 1 aromatic carbocycles. The zero-order valence-corrected chi connectivity index (χ0v) is 19.2. The monoisotopic (exact) mass is 462 g/mol. The predicted octanol–water partition coefficient (Wildman–Crippen LogP) is 4.40. The molecular weight excluding hydrogens is 438 g/mol. The number of carbonyl (C=O) groups is 1. The lowest BCUT2D eigenvalue weighted by Crippen LogP contribution is -2.45. The van der Waals surface area contributed by atoms with E-state index >= 15 is 0 Å². The zero-order chi connectivity index (χ0) is 24.5. The van der Waals surface area contributed by atoms with Crippen molar-refractivity contribution in [2.45, 2.75) is 44.9 Å². The maximum atomic E-state index is 14.4. The lowest BCUT2D eigenvalue weighted by molar-refractivity contribution is 0.0702. The fourth-order valence-electron chi connectivity index (χ4n) is 4.46. The van der Waals surface area contributed by atoms with Crippen LogP contribution < -0.4 is 0 Å². The Balaban J connectivity index is 1.67.